The number of nitro groups is 2. The molecule has 14 heavy (non-hydrogen) atoms. The second-order valence-corrected chi connectivity index (χ2v) is 2.29. The van der Waals surface area contributed by atoms with Crippen LogP contribution in [0.25, 0.3) is 0 Å². The molecule has 0 saturated carbocycles. The monoisotopic (exact) mass is 195 g/mol. The van der Waals surface area contributed by atoms with Crippen molar-refractivity contribution in [2.24, 2.45) is 5.11 Å². The second kappa shape index (κ2) is 3.56. The SMILES string of the molecule is [N]=Nc1ccc([N+](=O)[O-])cc1[N+](=O)[O-]. The third-order valence-corrected chi connectivity index (χ3v) is 1.47. The first-order valence-corrected chi connectivity index (χ1v) is 3.34. The smallest absolute Gasteiger partial charge is 0.258 e. The maximum atomic E-state index is 10.4. The summed E-state index contributed by atoms with van der Waals surface area (Å²) in [5.41, 5.74) is 6.99. The molecule has 0 heterocycles. The van der Waals surface area contributed by atoms with Gasteiger partial charge in [0.15, 0.2) is 5.69 Å². The Bertz CT molecular complexity index is 416. The summed E-state index contributed by atoms with van der Waals surface area (Å²) in [5.74, 6) is 0. The highest BCUT2D eigenvalue weighted by molar-refractivity contribution is 5.61. The summed E-state index contributed by atoms with van der Waals surface area (Å²) in [7, 11) is 0. The number of benzene rings is 1. The van der Waals surface area contributed by atoms with Crippen molar-refractivity contribution in [3.05, 3.63) is 38.4 Å². The van der Waals surface area contributed by atoms with Crippen LogP contribution in [0.2, 0.25) is 0 Å². The van der Waals surface area contributed by atoms with E-state index in [2.05, 4.69) is 5.11 Å². The van der Waals surface area contributed by atoms with Gasteiger partial charge >= 0.3 is 5.69 Å². The zero-order valence-electron chi connectivity index (χ0n) is 6.65. The molecule has 1 rings (SSSR count). The molecule has 71 valence electrons. The minimum Gasteiger partial charge on any atom is -0.258 e. The average Bonchev–Trinajstić information content (AvgIpc) is 2.16. The van der Waals surface area contributed by atoms with Crippen molar-refractivity contribution < 1.29 is 9.85 Å². The molecule has 1 radical (unpaired) electrons. The van der Waals surface area contributed by atoms with Gasteiger partial charge in [0.25, 0.3) is 5.69 Å². The van der Waals surface area contributed by atoms with E-state index >= 15 is 0 Å². The van der Waals surface area contributed by atoms with Gasteiger partial charge in [-0.3, -0.25) is 20.2 Å². The normalized spacial score (nSPS) is 9.43. The fraction of sp³-hybridized carbons (Fsp3) is 0. The van der Waals surface area contributed by atoms with Gasteiger partial charge in [-0.1, -0.05) is 0 Å². The van der Waals surface area contributed by atoms with E-state index in [4.69, 9.17) is 5.53 Å². The summed E-state index contributed by atoms with van der Waals surface area (Å²) >= 11 is 0. The maximum absolute atomic E-state index is 10.4. The Hall–Kier alpha value is -2.38. The molecule has 1 aromatic rings. The van der Waals surface area contributed by atoms with Crippen LogP contribution in [0.3, 0.4) is 0 Å². The molecular formula is C6H3N4O4. The molecule has 8 heteroatoms. The van der Waals surface area contributed by atoms with Crippen LogP contribution in [0.5, 0.6) is 0 Å². The van der Waals surface area contributed by atoms with Crippen LogP contribution < -0.4 is 5.53 Å². The molecule has 8 nitrogen and oxygen atoms in total. The average molecular weight is 195 g/mol. The predicted molar refractivity (Wildman–Crippen MR) is 44.0 cm³/mol. The summed E-state index contributed by atoms with van der Waals surface area (Å²) in [4.78, 5) is 19.0. The highest BCUT2D eigenvalue weighted by Gasteiger charge is 2.18. The highest BCUT2D eigenvalue weighted by atomic mass is 16.6. The third kappa shape index (κ3) is 1.68. The van der Waals surface area contributed by atoms with Gasteiger partial charge in [0.2, 0.25) is 0 Å². The van der Waals surface area contributed by atoms with Gasteiger partial charge in [-0.2, -0.15) is 0 Å². The number of rotatable bonds is 3. The van der Waals surface area contributed by atoms with Gasteiger partial charge in [-0.25, -0.2) is 0 Å². The number of nitrogens with zero attached hydrogens (tertiary/aromatic N) is 4. The van der Waals surface area contributed by atoms with E-state index in [-0.39, 0.29) is 5.69 Å². The highest BCUT2D eigenvalue weighted by Crippen LogP contribution is 2.30. The van der Waals surface area contributed by atoms with Crippen LogP contribution in [-0.2, 0) is 0 Å². The maximum Gasteiger partial charge on any atom is 0.303 e. The molecule has 0 atom stereocenters. The number of non-ortho nitro benzene ring substituents is 1. The van der Waals surface area contributed by atoms with Crippen LogP contribution in [-0.4, -0.2) is 9.85 Å². The Morgan fingerprint density at radius 1 is 1.21 bits per heavy atom. The summed E-state index contributed by atoms with van der Waals surface area (Å²) in [6.45, 7) is 0. The van der Waals surface area contributed by atoms with E-state index in [1.54, 1.807) is 0 Å². The first-order chi connectivity index (χ1) is 6.56. The second-order valence-electron chi connectivity index (χ2n) is 2.29. The lowest BCUT2D eigenvalue weighted by Gasteiger charge is -1.94. The van der Waals surface area contributed by atoms with Crippen LogP contribution in [0.4, 0.5) is 17.1 Å². The minimum atomic E-state index is -0.859. The van der Waals surface area contributed by atoms with Crippen molar-refractivity contribution >= 4 is 17.1 Å². The van der Waals surface area contributed by atoms with Crippen molar-refractivity contribution in [1.82, 2.24) is 5.53 Å². The van der Waals surface area contributed by atoms with Crippen molar-refractivity contribution in [3.8, 4) is 0 Å². The first-order valence-electron chi connectivity index (χ1n) is 3.34. The van der Waals surface area contributed by atoms with E-state index in [1.165, 1.54) is 0 Å². The van der Waals surface area contributed by atoms with Gasteiger partial charge in [-0.05, 0) is 11.6 Å². The Morgan fingerprint density at radius 2 is 1.86 bits per heavy atom. The molecule has 0 spiro atoms. The Kier molecular flexibility index (Phi) is 2.47. The first kappa shape index (κ1) is 9.71. The Labute approximate surface area is 77.0 Å². The zero-order chi connectivity index (χ0) is 10.7. The predicted octanol–water partition coefficient (Wildman–Crippen LogP) is 1.39. The van der Waals surface area contributed by atoms with Crippen molar-refractivity contribution in [2.45, 2.75) is 0 Å². The number of nitro benzene ring substituents is 2. The van der Waals surface area contributed by atoms with Crippen LogP contribution >= 0.6 is 0 Å². The van der Waals surface area contributed by atoms with E-state index in [0.717, 1.165) is 18.2 Å². The van der Waals surface area contributed by atoms with Gasteiger partial charge in [0.05, 0.1) is 15.9 Å². The third-order valence-electron chi connectivity index (χ3n) is 1.47. The molecule has 1 aromatic carbocycles. The standard InChI is InChI=1S/C6H3N4O4/c7-8-5-2-1-4(9(11)12)3-6(5)10(13)14/h1-3H. The van der Waals surface area contributed by atoms with Crippen molar-refractivity contribution in [2.75, 3.05) is 0 Å². The number of hydrogen-bond donors (Lipinski definition) is 0. The molecule has 0 aliphatic heterocycles. The van der Waals surface area contributed by atoms with Gasteiger partial charge < -0.3 is 0 Å². The molecule has 0 N–H and O–H groups in total. The fourth-order valence-electron chi connectivity index (χ4n) is 0.856. The summed E-state index contributed by atoms with van der Waals surface area (Å²) in [6.07, 6.45) is 0. The lowest BCUT2D eigenvalue weighted by atomic mass is 10.2. The van der Waals surface area contributed by atoms with Gasteiger partial charge in [-0.15, -0.1) is 5.11 Å². The quantitative estimate of drug-likeness (QED) is 0.410. The van der Waals surface area contributed by atoms with Crippen molar-refractivity contribution in [3.63, 3.8) is 0 Å². The molecule has 0 bridgehead atoms. The number of hydrogen-bond acceptors (Lipinski definition) is 5. The van der Waals surface area contributed by atoms with E-state index in [9.17, 15) is 20.2 Å². The molecule has 0 saturated heterocycles. The van der Waals surface area contributed by atoms with Crippen LogP contribution in [0.15, 0.2) is 23.3 Å². The van der Waals surface area contributed by atoms with Gasteiger partial charge in [0, 0.05) is 6.07 Å². The molecule has 0 aromatic heterocycles. The summed E-state index contributed by atoms with van der Waals surface area (Å²) in [6, 6.07) is 2.74. The molecule has 0 unspecified atom stereocenters. The van der Waals surface area contributed by atoms with Crippen LogP contribution in [0, 0.1) is 20.2 Å². The molecule has 0 fully saturated rings. The van der Waals surface area contributed by atoms with Crippen molar-refractivity contribution in [1.29, 1.82) is 0 Å². The summed E-state index contributed by atoms with van der Waals surface area (Å²) < 4.78 is 0. The molecule has 0 aliphatic rings. The summed E-state index contributed by atoms with van der Waals surface area (Å²) in [5, 5.41) is 23.3. The largest absolute Gasteiger partial charge is 0.303 e. The van der Waals surface area contributed by atoms with E-state index < -0.39 is 21.2 Å². The van der Waals surface area contributed by atoms with Crippen LogP contribution in [0.1, 0.15) is 0 Å². The molecular weight excluding hydrogens is 192 g/mol. The Morgan fingerprint density at radius 3 is 2.29 bits per heavy atom. The topological polar surface area (TPSA) is 121 Å². The van der Waals surface area contributed by atoms with E-state index in [0.29, 0.717) is 0 Å². The molecule has 0 amide bonds. The minimum absolute atomic E-state index is 0.319. The fourth-order valence-corrected chi connectivity index (χ4v) is 0.856. The Balaban J connectivity index is 3.34. The van der Waals surface area contributed by atoms with Gasteiger partial charge in [0.1, 0.15) is 0 Å². The molecule has 0 aliphatic carbocycles. The zero-order valence-corrected chi connectivity index (χ0v) is 6.65. The lowest BCUT2D eigenvalue weighted by molar-refractivity contribution is -0.393. The van der Waals surface area contributed by atoms with E-state index in [1.807, 2.05) is 0 Å². The lowest BCUT2D eigenvalue weighted by Crippen LogP contribution is -1.92.